The van der Waals surface area contributed by atoms with Crippen LogP contribution in [0.5, 0.6) is 0 Å². The summed E-state index contributed by atoms with van der Waals surface area (Å²) in [4.78, 5) is 7.56. The van der Waals surface area contributed by atoms with Gasteiger partial charge >= 0.3 is 6.18 Å². The number of para-hydroxylation sites is 2. The van der Waals surface area contributed by atoms with Crippen molar-refractivity contribution in [2.75, 3.05) is 4.90 Å². The van der Waals surface area contributed by atoms with Crippen LogP contribution in [0.3, 0.4) is 0 Å². The number of pyridine rings is 1. The molecule has 3 heterocycles. The molecule has 37 heavy (non-hydrogen) atoms. The van der Waals surface area contributed by atoms with Crippen LogP contribution in [0.25, 0.3) is 21.8 Å². The van der Waals surface area contributed by atoms with Crippen LogP contribution < -0.4 is 4.90 Å². The summed E-state index contributed by atoms with van der Waals surface area (Å²) in [5, 5.41) is 16.4. The molecule has 0 aliphatic carbocycles. The van der Waals surface area contributed by atoms with Crippen LogP contribution in [0.4, 0.5) is 30.2 Å². The number of aromatic nitrogens is 3. The first kappa shape index (κ1) is 24.6. The molecule has 184 valence electrons. The van der Waals surface area contributed by atoms with Crippen molar-refractivity contribution in [2.24, 2.45) is 0 Å². The third-order valence-electron chi connectivity index (χ3n) is 5.50. The standard InChI is InChI=1S/C27H18F3N5S2/c28-27(29,30)26-14-24(34(33-26)18-36-17-31)23-12-11-19(15-32-23)25-13-22(16-37-25)35(20-7-3-1-4-8-20)21-9-5-2-6-10-21/h1-16H,18H2. The zero-order chi connectivity index (χ0) is 25.8. The molecule has 0 N–H and O–H groups in total. The number of benzene rings is 2. The van der Waals surface area contributed by atoms with Gasteiger partial charge in [-0.3, -0.25) is 9.67 Å². The van der Waals surface area contributed by atoms with Gasteiger partial charge in [0, 0.05) is 33.4 Å². The van der Waals surface area contributed by atoms with Gasteiger partial charge in [-0.25, -0.2) is 0 Å². The van der Waals surface area contributed by atoms with E-state index in [1.165, 1.54) is 0 Å². The van der Waals surface area contributed by atoms with Crippen molar-refractivity contribution in [3.05, 3.63) is 102 Å². The largest absolute Gasteiger partial charge is 0.435 e. The maximum absolute atomic E-state index is 13.2. The molecule has 0 unspecified atom stereocenters. The lowest BCUT2D eigenvalue weighted by molar-refractivity contribution is -0.141. The van der Waals surface area contributed by atoms with Crippen molar-refractivity contribution in [2.45, 2.75) is 12.1 Å². The van der Waals surface area contributed by atoms with Crippen LogP contribution in [-0.2, 0) is 12.1 Å². The van der Waals surface area contributed by atoms with E-state index in [1.54, 1.807) is 23.6 Å². The zero-order valence-electron chi connectivity index (χ0n) is 19.1. The molecule has 5 aromatic rings. The van der Waals surface area contributed by atoms with Gasteiger partial charge in [0.25, 0.3) is 0 Å². The highest BCUT2D eigenvalue weighted by Crippen LogP contribution is 2.40. The number of halogens is 3. The molecule has 10 heteroatoms. The average Bonchev–Trinajstić information content (AvgIpc) is 3.57. The van der Waals surface area contributed by atoms with Gasteiger partial charge in [-0.15, -0.1) is 11.3 Å². The Morgan fingerprint density at radius 3 is 2.16 bits per heavy atom. The number of hydrogen-bond donors (Lipinski definition) is 0. The topological polar surface area (TPSA) is 57.7 Å². The number of thiocyanates is 1. The number of hydrogen-bond acceptors (Lipinski definition) is 6. The summed E-state index contributed by atoms with van der Waals surface area (Å²) < 4.78 is 40.9. The van der Waals surface area contributed by atoms with Gasteiger partial charge < -0.3 is 4.90 Å². The molecular weight excluding hydrogens is 515 g/mol. The van der Waals surface area contributed by atoms with Gasteiger partial charge in [-0.2, -0.15) is 23.5 Å². The van der Waals surface area contributed by atoms with Crippen molar-refractivity contribution in [1.29, 1.82) is 5.26 Å². The molecule has 0 saturated carbocycles. The molecule has 0 spiro atoms. The Kier molecular flexibility index (Phi) is 6.99. The highest BCUT2D eigenvalue weighted by atomic mass is 32.2. The average molecular weight is 534 g/mol. The highest BCUT2D eigenvalue weighted by molar-refractivity contribution is 8.02. The second-order valence-electron chi connectivity index (χ2n) is 7.88. The minimum atomic E-state index is -4.59. The minimum Gasteiger partial charge on any atom is -0.310 e. The Morgan fingerprint density at radius 2 is 1.59 bits per heavy atom. The molecule has 3 aromatic heterocycles. The molecule has 0 amide bonds. The Bertz CT molecular complexity index is 1480. The van der Waals surface area contributed by atoms with E-state index in [9.17, 15) is 13.2 Å². The van der Waals surface area contributed by atoms with E-state index in [0.717, 1.165) is 50.0 Å². The summed E-state index contributed by atoms with van der Waals surface area (Å²) in [5.74, 6) is -0.0333. The fourth-order valence-electron chi connectivity index (χ4n) is 3.84. The normalized spacial score (nSPS) is 11.3. The predicted molar refractivity (Wildman–Crippen MR) is 142 cm³/mol. The van der Waals surface area contributed by atoms with Gasteiger partial charge in [0.05, 0.1) is 17.1 Å². The first-order valence-electron chi connectivity index (χ1n) is 11.1. The Labute approximate surface area is 219 Å². The second kappa shape index (κ2) is 10.5. The lowest BCUT2D eigenvalue weighted by Crippen LogP contribution is -2.08. The molecule has 0 radical (unpaired) electrons. The van der Waals surface area contributed by atoms with Crippen molar-refractivity contribution in [3.63, 3.8) is 0 Å². The Morgan fingerprint density at radius 1 is 0.919 bits per heavy atom. The molecule has 0 fully saturated rings. The molecule has 5 rings (SSSR count). The van der Waals surface area contributed by atoms with E-state index >= 15 is 0 Å². The van der Waals surface area contributed by atoms with Crippen LogP contribution in [0.15, 0.2) is 96.5 Å². The molecule has 0 aliphatic rings. The van der Waals surface area contributed by atoms with Gasteiger partial charge in [0.15, 0.2) is 5.69 Å². The molecule has 0 saturated heterocycles. The van der Waals surface area contributed by atoms with Gasteiger partial charge in [-0.05, 0) is 60.3 Å². The first-order valence-corrected chi connectivity index (χ1v) is 12.9. The lowest BCUT2D eigenvalue weighted by Gasteiger charge is -2.23. The quantitative estimate of drug-likeness (QED) is 0.197. The number of rotatable bonds is 7. The minimum absolute atomic E-state index is 0.0333. The summed E-state index contributed by atoms with van der Waals surface area (Å²) in [6.45, 7) is 0. The smallest absolute Gasteiger partial charge is 0.310 e. The van der Waals surface area contributed by atoms with E-state index in [4.69, 9.17) is 5.26 Å². The zero-order valence-corrected chi connectivity index (χ0v) is 20.8. The van der Waals surface area contributed by atoms with Crippen molar-refractivity contribution in [3.8, 4) is 27.2 Å². The lowest BCUT2D eigenvalue weighted by atomic mass is 10.1. The van der Waals surface area contributed by atoms with Gasteiger partial charge in [-0.1, -0.05) is 36.4 Å². The van der Waals surface area contributed by atoms with E-state index < -0.39 is 11.9 Å². The van der Waals surface area contributed by atoms with Crippen LogP contribution in [0, 0.1) is 10.7 Å². The van der Waals surface area contributed by atoms with E-state index in [1.807, 2.05) is 72.1 Å². The van der Waals surface area contributed by atoms with E-state index in [2.05, 4.69) is 26.4 Å². The van der Waals surface area contributed by atoms with Crippen molar-refractivity contribution >= 4 is 40.2 Å². The SMILES string of the molecule is N#CSCn1nc(C(F)(F)F)cc1-c1ccc(-c2cc(N(c3ccccc3)c3ccccc3)cs2)cn1. The number of nitrogens with zero attached hydrogens (tertiary/aromatic N) is 5. The fraction of sp³-hybridized carbons (Fsp3) is 0.0741. The van der Waals surface area contributed by atoms with E-state index in [-0.39, 0.29) is 11.6 Å². The van der Waals surface area contributed by atoms with Crippen molar-refractivity contribution in [1.82, 2.24) is 14.8 Å². The number of thioether (sulfide) groups is 1. The van der Waals surface area contributed by atoms with Crippen LogP contribution >= 0.6 is 23.1 Å². The van der Waals surface area contributed by atoms with Crippen molar-refractivity contribution < 1.29 is 13.2 Å². The number of anilines is 3. The van der Waals surface area contributed by atoms with Crippen LogP contribution in [0.1, 0.15) is 5.69 Å². The van der Waals surface area contributed by atoms with Crippen LogP contribution in [-0.4, -0.2) is 14.8 Å². The number of alkyl halides is 3. The summed E-state index contributed by atoms with van der Waals surface area (Å²) in [6.07, 6.45) is -2.95. The highest BCUT2D eigenvalue weighted by Gasteiger charge is 2.35. The van der Waals surface area contributed by atoms with E-state index in [0.29, 0.717) is 5.69 Å². The summed E-state index contributed by atoms with van der Waals surface area (Å²) >= 11 is 2.36. The Balaban J connectivity index is 1.46. The monoisotopic (exact) mass is 533 g/mol. The third-order valence-corrected chi connectivity index (χ3v) is 6.97. The first-order chi connectivity index (χ1) is 17.9. The molecule has 0 aliphatic heterocycles. The fourth-order valence-corrected chi connectivity index (χ4v) is 5.08. The summed E-state index contributed by atoms with van der Waals surface area (Å²) in [7, 11) is 0. The maximum atomic E-state index is 13.2. The molecule has 0 bridgehead atoms. The van der Waals surface area contributed by atoms with Gasteiger partial charge in [0.1, 0.15) is 11.3 Å². The Hall–Kier alpha value is -4.07. The number of thiophene rings is 1. The molecule has 0 atom stereocenters. The molecule has 5 nitrogen and oxygen atoms in total. The third kappa shape index (κ3) is 5.38. The number of nitriles is 1. The summed E-state index contributed by atoms with van der Waals surface area (Å²) in [6, 6.07) is 26.6. The van der Waals surface area contributed by atoms with Gasteiger partial charge in [0.2, 0.25) is 0 Å². The second-order valence-corrected chi connectivity index (χ2v) is 9.53. The predicted octanol–water partition coefficient (Wildman–Crippen LogP) is 8.33. The summed E-state index contributed by atoms with van der Waals surface area (Å²) in [5.41, 5.74) is 3.41. The van der Waals surface area contributed by atoms with Crippen LogP contribution in [0.2, 0.25) is 0 Å². The molecular formula is C27H18F3N5S2. The molecule has 2 aromatic carbocycles. The maximum Gasteiger partial charge on any atom is 0.435 e.